The molecule has 1 heterocycles. The first-order valence-electron chi connectivity index (χ1n) is 7.56. The second-order valence-corrected chi connectivity index (χ2v) is 5.54. The Hall–Kier alpha value is -1.92. The van der Waals surface area contributed by atoms with Crippen LogP contribution in [0, 0.1) is 0 Å². The van der Waals surface area contributed by atoms with Gasteiger partial charge >= 0.3 is 0 Å². The van der Waals surface area contributed by atoms with E-state index in [0.29, 0.717) is 39.1 Å². The van der Waals surface area contributed by atoms with Crippen LogP contribution in [0.3, 0.4) is 0 Å². The Morgan fingerprint density at radius 1 is 1.14 bits per heavy atom. The summed E-state index contributed by atoms with van der Waals surface area (Å²) in [5.74, 6) is -0.297. The molecule has 1 fully saturated rings. The Labute approximate surface area is 130 Å². The lowest BCUT2D eigenvalue weighted by molar-refractivity contribution is -0.129. The van der Waals surface area contributed by atoms with Crippen LogP contribution in [0.1, 0.15) is 24.8 Å². The summed E-state index contributed by atoms with van der Waals surface area (Å²) < 4.78 is 5.21. The van der Waals surface area contributed by atoms with E-state index in [9.17, 15) is 9.59 Å². The number of rotatable bonds is 6. The Morgan fingerprint density at radius 2 is 1.82 bits per heavy atom. The number of carbonyl (C=O) groups excluding carboxylic acids is 2. The molecule has 0 saturated carbocycles. The van der Waals surface area contributed by atoms with Gasteiger partial charge in [0, 0.05) is 32.7 Å². The molecule has 1 saturated heterocycles. The Kier molecular flexibility index (Phi) is 5.91. The number of ether oxygens (including phenoxy) is 1. The number of amides is 2. The molecule has 4 N–H and O–H groups in total. The normalized spacial score (nSPS) is 16.8. The second-order valence-electron chi connectivity index (χ2n) is 5.54. The zero-order valence-corrected chi connectivity index (χ0v) is 12.6. The summed E-state index contributed by atoms with van der Waals surface area (Å²) in [4.78, 5) is 23.8. The van der Waals surface area contributed by atoms with E-state index in [1.54, 1.807) is 0 Å². The van der Waals surface area contributed by atoms with Gasteiger partial charge in [-0.15, -0.1) is 0 Å². The monoisotopic (exact) mass is 305 g/mol. The van der Waals surface area contributed by atoms with Crippen molar-refractivity contribution in [2.24, 2.45) is 5.73 Å². The summed E-state index contributed by atoms with van der Waals surface area (Å²) >= 11 is 0. The number of nitrogens with one attached hydrogen (secondary N) is 2. The largest absolute Gasteiger partial charge is 0.381 e. The minimum atomic E-state index is -0.862. The van der Waals surface area contributed by atoms with Crippen molar-refractivity contribution in [3.63, 3.8) is 0 Å². The highest BCUT2D eigenvalue weighted by atomic mass is 16.5. The predicted molar refractivity (Wildman–Crippen MR) is 82.9 cm³/mol. The Morgan fingerprint density at radius 3 is 2.50 bits per heavy atom. The maximum Gasteiger partial charge on any atom is 0.240 e. The molecular weight excluding hydrogens is 282 g/mol. The molecule has 2 rings (SSSR count). The fourth-order valence-corrected chi connectivity index (χ4v) is 2.31. The minimum Gasteiger partial charge on any atom is -0.381 e. The van der Waals surface area contributed by atoms with E-state index in [1.165, 1.54) is 0 Å². The van der Waals surface area contributed by atoms with Crippen LogP contribution in [0.4, 0.5) is 0 Å². The van der Waals surface area contributed by atoms with Crippen LogP contribution in [0.5, 0.6) is 0 Å². The van der Waals surface area contributed by atoms with E-state index in [4.69, 9.17) is 10.5 Å². The van der Waals surface area contributed by atoms with E-state index in [2.05, 4.69) is 10.6 Å². The minimum absolute atomic E-state index is 0.0952. The maximum absolute atomic E-state index is 12.1. The van der Waals surface area contributed by atoms with Crippen LogP contribution in [0.25, 0.3) is 0 Å². The molecular formula is C16H23N3O3. The van der Waals surface area contributed by atoms with Gasteiger partial charge in [0.1, 0.15) is 0 Å². The summed E-state index contributed by atoms with van der Waals surface area (Å²) in [6.45, 7) is 1.79. The van der Waals surface area contributed by atoms with Gasteiger partial charge in [0.25, 0.3) is 0 Å². The standard InChI is InChI=1S/C16H23N3O3/c17-16(7-10-22-11-8-16)15(21)18-9-6-14(20)19-12-13-4-2-1-3-5-13/h1-5H,6-12,17H2,(H,18,21)(H,19,20). The highest BCUT2D eigenvalue weighted by Crippen LogP contribution is 2.17. The summed E-state index contributed by atoms with van der Waals surface area (Å²) in [5.41, 5.74) is 6.24. The molecule has 1 aliphatic rings. The first kappa shape index (κ1) is 16.5. The predicted octanol–water partition coefficient (Wildman–Crippen LogP) is 0.317. The topological polar surface area (TPSA) is 93.5 Å². The van der Waals surface area contributed by atoms with Gasteiger partial charge in [0.2, 0.25) is 11.8 Å². The van der Waals surface area contributed by atoms with Gasteiger partial charge in [-0.3, -0.25) is 9.59 Å². The van der Waals surface area contributed by atoms with Crippen LogP contribution in [-0.4, -0.2) is 37.1 Å². The molecule has 6 nitrogen and oxygen atoms in total. The molecule has 22 heavy (non-hydrogen) atoms. The second kappa shape index (κ2) is 7.91. The lowest BCUT2D eigenvalue weighted by Crippen LogP contribution is -2.57. The smallest absolute Gasteiger partial charge is 0.240 e. The van der Waals surface area contributed by atoms with Gasteiger partial charge in [-0.05, 0) is 18.4 Å². The molecule has 120 valence electrons. The first-order chi connectivity index (χ1) is 10.6. The van der Waals surface area contributed by atoms with Crippen LogP contribution in [0.2, 0.25) is 0 Å². The van der Waals surface area contributed by atoms with Crippen LogP contribution >= 0.6 is 0 Å². The molecule has 6 heteroatoms. The molecule has 0 unspecified atom stereocenters. The van der Waals surface area contributed by atoms with Crippen molar-refractivity contribution in [1.29, 1.82) is 0 Å². The third-order valence-corrected chi connectivity index (χ3v) is 3.81. The molecule has 0 radical (unpaired) electrons. The summed E-state index contributed by atoms with van der Waals surface area (Å²) in [7, 11) is 0. The van der Waals surface area contributed by atoms with E-state index in [-0.39, 0.29) is 18.2 Å². The average molecular weight is 305 g/mol. The van der Waals surface area contributed by atoms with Gasteiger partial charge in [0.05, 0.1) is 5.54 Å². The Balaban J connectivity index is 1.65. The highest BCUT2D eigenvalue weighted by Gasteiger charge is 2.35. The first-order valence-corrected chi connectivity index (χ1v) is 7.56. The molecule has 0 aliphatic carbocycles. The van der Waals surface area contributed by atoms with Gasteiger partial charge in [-0.1, -0.05) is 30.3 Å². The van der Waals surface area contributed by atoms with E-state index < -0.39 is 5.54 Å². The van der Waals surface area contributed by atoms with Crippen LogP contribution in [0.15, 0.2) is 30.3 Å². The summed E-state index contributed by atoms with van der Waals surface area (Å²) in [6, 6.07) is 9.68. The maximum atomic E-state index is 12.1. The zero-order valence-electron chi connectivity index (χ0n) is 12.6. The van der Waals surface area contributed by atoms with Gasteiger partial charge in [-0.2, -0.15) is 0 Å². The molecule has 0 spiro atoms. The van der Waals surface area contributed by atoms with Crippen molar-refractivity contribution >= 4 is 11.8 Å². The van der Waals surface area contributed by atoms with Crippen molar-refractivity contribution in [1.82, 2.24) is 10.6 Å². The van der Waals surface area contributed by atoms with Gasteiger partial charge in [-0.25, -0.2) is 0 Å². The average Bonchev–Trinajstić information content (AvgIpc) is 2.54. The number of nitrogens with two attached hydrogens (primary N) is 1. The fourth-order valence-electron chi connectivity index (χ4n) is 2.31. The van der Waals surface area contributed by atoms with Crippen LogP contribution in [-0.2, 0) is 20.9 Å². The van der Waals surface area contributed by atoms with E-state index in [0.717, 1.165) is 5.56 Å². The molecule has 2 amide bonds. The molecule has 1 aromatic rings. The third kappa shape index (κ3) is 4.82. The van der Waals surface area contributed by atoms with E-state index in [1.807, 2.05) is 30.3 Å². The van der Waals surface area contributed by atoms with Crippen molar-refractivity contribution in [3.05, 3.63) is 35.9 Å². The number of hydrogen-bond donors (Lipinski definition) is 3. The highest BCUT2D eigenvalue weighted by molar-refractivity contribution is 5.86. The van der Waals surface area contributed by atoms with Crippen molar-refractivity contribution in [2.45, 2.75) is 31.3 Å². The lowest BCUT2D eigenvalue weighted by Gasteiger charge is -2.31. The third-order valence-electron chi connectivity index (χ3n) is 3.81. The van der Waals surface area contributed by atoms with Crippen molar-refractivity contribution in [3.8, 4) is 0 Å². The summed E-state index contributed by atoms with van der Waals surface area (Å²) in [5, 5.41) is 5.56. The molecule has 0 atom stereocenters. The van der Waals surface area contributed by atoms with Crippen LogP contribution < -0.4 is 16.4 Å². The Bertz CT molecular complexity index is 499. The molecule has 0 aromatic heterocycles. The molecule has 1 aromatic carbocycles. The lowest BCUT2D eigenvalue weighted by atomic mass is 9.90. The van der Waals surface area contributed by atoms with Crippen molar-refractivity contribution in [2.75, 3.05) is 19.8 Å². The number of benzene rings is 1. The van der Waals surface area contributed by atoms with Gasteiger partial charge in [0.15, 0.2) is 0 Å². The fraction of sp³-hybridized carbons (Fsp3) is 0.500. The van der Waals surface area contributed by atoms with E-state index >= 15 is 0 Å². The van der Waals surface area contributed by atoms with Crippen molar-refractivity contribution < 1.29 is 14.3 Å². The number of carbonyl (C=O) groups is 2. The zero-order chi connectivity index (χ0) is 15.8. The SMILES string of the molecule is NC1(C(=O)NCCC(=O)NCc2ccccc2)CCOCC1. The molecule has 1 aliphatic heterocycles. The molecule has 0 bridgehead atoms. The summed E-state index contributed by atoms with van der Waals surface area (Å²) in [6.07, 6.45) is 1.27. The number of hydrogen-bond acceptors (Lipinski definition) is 4. The van der Waals surface area contributed by atoms with Gasteiger partial charge < -0.3 is 21.1 Å². The quantitative estimate of drug-likeness (QED) is 0.705.